The summed E-state index contributed by atoms with van der Waals surface area (Å²) in [6, 6.07) is 6.47. The van der Waals surface area contributed by atoms with Gasteiger partial charge >= 0.3 is 5.97 Å². The normalized spacial score (nSPS) is 14.7. The Morgan fingerprint density at radius 3 is 2.46 bits per heavy atom. The fourth-order valence-electron chi connectivity index (χ4n) is 3.04. The Morgan fingerprint density at radius 1 is 1.15 bits per heavy atom. The lowest BCUT2D eigenvalue weighted by Gasteiger charge is -2.32. The number of methoxy groups -OCH3 is 1. The van der Waals surface area contributed by atoms with Gasteiger partial charge in [0.2, 0.25) is 0 Å². The zero-order chi connectivity index (χ0) is 18.4. The van der Waals surface area contributed by atoms with E-state index in [2.05, 4.69) is 24.9 Å². The molecule has 136 valence electrons. The van der Waals surface area contributed by atoms with Crippen molar-refractivity contribution < 1.29 is 14.3 Å². The minimum atomic E-state index is -0.410. The number of hydrogen-bond donors (Lipinski definition) is 1. The largest absolute Gasteiger partial charge is 0.465 e. The van der Waals surface area contributed by atoms with Crippen molar-refractivity contribution in [3.8, 4) is 0 Å². The predicted octanol–water partition coefficient (Wildman–Crippen LogP) is 1.91. The molecule has 2 aromatic rings. The molecule has 7 nitrogen and oxygen atoms in total. The van der Waals surface area contributed by atoms with Gasteiger partial charge in [-0.1, -0.05) is 0 Å². The van der Waals surface area contributed by atoms with Crippen LogP contribution >= 0.6 is 0 Å². The van der Waals surface area contributed by atoms with E-state index in [-0.39, 0.29) is 5.91 Å². The van der Waals surface area contributed by atoms with E-state index < -0.39 is 5.97 Å². The number of ether oxygens (including phenoxy) is 1. The Balaban J connectivity index is 1.46. The van der Waals surface area contributed by atoms with Crippen LogP contribution in [0.1, 0.15) is 33.6 Å². The number of nitrogens with one attached hydrogen (secondary N) is 1. The average molecular weight is 354 g/mol. The standard InChI is InChI=1S/C19H22N4O3/c1-26-19(25)16-4-2-15(3-5-16)18(24)22-12-14-6-10-23(11-7-14)17-13-20-8-9-21-17/h2-5,8-9,13-14H,6-7,10-12H2,1H3,(H,22,24). The van der Waals surface area contributed by atoms with E-state index in [0.29, 0.717) is 23.6 Å². The molecule has 2 heterocycles. The second-order valence-corrected chi connectivity index (χ2v) is 6.27. The van der Waals surface area contributed by atoms with Gasteiger partial charge in [-0.3, -0.25) is 9.78 Å². The lowest BCUT2D eigenvalue weighted by molar-refractivity contribution is 0.0600. The highest BCUT2D eigenvalue weighted by atomic mass is 16.5. The lowest BCUT2D eigenvalue weighted by atomic mass is 9.96. The maximum Gasteiger partial charge on any atom is 0.337 e. The summed E-state index contributed by atoms with van der Waals surface area (Å²) in [5, 5.41) is 2.98. The van der Waals surface area contributed by atoms with Gasteiger partial charge in [0.1, 0.15) is 5.82 Å². The Labute approximate surface area is 152 Å². The van der Waals surface area contributed by atoms with E-state index in [4.69, 9.17) is 0 Å². The van der Waals surface area contributed by atoms with Crippen LogP contribution in [0.2, 0.25) is 0 Å². The number of carbonyl (C=O) groups is 2. The summed E-state index contributed by atoms with van der Waals surface area (Å²) in [5.41, 5.74) is 0.968. The minimum Gasteiger partial charge on any atom is -0.465 e. The van der Waals surface area contributed by atoms with Crippen LogP contribution in [0.25, 0.3) is 0 Å². The van der Waals surface area contributed by atoms with Gasteiger partial charge in [0.25, 0.3) is 5.91 Å². The molecule has 1 saturated heterocycles. The van der Waals surface area contributed by atoms with E-state index in [0.717, 1.165) is 31.7 Å². The maximum atomic E-state index is 12.3. The van der Waals surface area contributed by atoms with Crippen molar-refractivity contribution >= 4 is 17.7 Å². The van der Waals surface area contributed by atoms with Crippen LogP contribution < -0.4 is 10.2 Å². The summed E-state index contributed by atoms with van der Waals surface area (Å²) in [6.07, 6.45) is 7.15. The van der Waals surface area contributed by atoms with Crippen molar-refractivity contribution in [1.82, 2.24) is 15.3 Å². The van der Waals surface area contributed by atoms with Gasteiger partial charge in [-0.15, -0.1) is 0 Å². The van der Waals surface area contributed by atoms with Gasteiger partial charge in [-0.25, -0.2) is 9.78 Å². The van der Waals surface area contributed by atoms with Crippen molar-refractivity contribution in [1.29, 1.82) is 0 Å². The highest BCUT2D eigenvalue weighted by molar-refractivity contribution is 5.96. The van der Waals surface area contributed by atoms with Crippen molar-refractivity contribution in [2.24, 2.45) is 5.92 Å². The third-order valence-electron chi connectivity index (χ3n) is 4.61. The molecule has 0 bridgehead atoms. The summed E-state index contributed by atoms with van der Waals surface area (Å²) in [7, 11) is 1.33. The van der Waals surface area contributed by atoms with Gasteiger partial charge in [-0.05, 0) is 43.0 Å². The molecule has 0 aliphatic carbocycles. The number of carbonyl (C=O) groups excluding carboxylic acids is 2. The molecule has 1 aliphatic heterocycles. The van der Waals surface area contributed by atoms with Gasteiger partial charge in [-0.2, -0.15) is 0 Å². The van der Waals surface area contributed by atoms with Crippen molar-refractivity contribution in [3.05, 3.63) is 54.0 Å². The number of hydrogen-bond acceptors (Lipinski definition) is 6. The summed E-state index contributed by atoms with van der Waals surface area (Å²) in [5.74, 6) is 0.812. The highest BCUT2D eigenvalue weighted by Crippen LogP contribution is 2.20. The molecule has 7 heteroatoms. The van der Waals surface area contributed by atoms with Crippen LogP contribution in [0, 0.1) is 5.92 Å². The molecule has 1 aromatic heterocycles. The third-order valence-corrected chi connectivity index (χ3v) is 4.61. The quantitative estimate of drug-likeness (QED) is 0.826. The Hall–Kier alpha value is -2.96. The van der Waals surface area contributed by atoms with Crippen LogP contribution in [0.4, 0.5) is 5.82 Å². The fourth-order valence-corrected chi connectivity index (χ4v) is 3.04. The number of amides is 1. The van der Waals surface area contributed by atoms with Crippen LogP contribution in [0.15, 0.2) is 42.9 Å². The van der Waals surface area contributed by atoms with Crippen LogP contribution in [0.3, 0.4) is 0 Å². The molecule has 0 saturated carbocycles. The van der Waals surface area contributed by atoms with E-state index >= 15 is 0 Å². The number of piperidine rings is 1. The Morgan fingerprint density at radius 2 is 1.85 bits per heavy atom. The van der Waals surface area contributed by atoms with Crippen molar-refractivity contribution in [2.45, 2.75) is 12.8 Å². The minimum absolute atomic E-state index is 0.127. The van der Waals surface area contributed by atoms with Gasteiger partial charge in [0, 0.05) is 37.6 Å². The number of nitrogens with zero attached hydrogens (tertiary/aromatic N) is 3. The van der Waals surface area contributed by atoms with Crippen LogP contribution in [-0.2, 0) is 4.74 Å². The predicted molar refractivity (Wildman–Crippen MR) is 97.1 cm³/mol. The summed E-state index contributed by atoms with van der Waals surface area (Å²) in [4.78, 5) is 34.3. The second-order valence-electron chi connectivity index (χ2n) is 6.27. The Kier molecular flexibility index (Phi) is 5.78. The average Bonchev–Trinajstić information content (AvgIpc) is 2.72. The first-order valence-electron chi connectivity index (χ1n) is 8.65. The fraction of sp³-hybridized carbons (Fsp3) is 0.368. The molecule has 1 amide bonds. The summed E-state index contributed by atoms with van der Waals surface area (Å²) >= 11 is 0. The maximum absolute atomic E-state index is 12.3. The highest BCUT2D eigenvalue weighted by Gasteiger charge is 2.21. The lowest BCUT2D eigenvalue weighted by Crippen LogP contribution is -2.39. The number of anilines is 1. The zero-order valence-corrected chi connectivity index (χ0v) is 14.7. The first kappa shape index (κ1) is 17.8. The van der Waals surface area contributed by atoms with Crippen molar-refractivity contribution in [3.63, 3.8) is 0 Å². The third kappa shape index (κ3) is 4.36. The molecule has 0 unspecified atom stereocenters. The molecule has 0 atom stereocenters. The molecule has 1 fully saturated rings. The van der Waals surface area contributed by atoms with E-state index in [1.807, 2.05) is 0 Å². The summed E-state index contributed by atoms with van der Waals surface area (Å²) in [6.45, 7) is 2.46. The monoisotopic (exact) mass is 354 g/mol. The van der Waals surface area contributed by atoms with Gasteiger partial charge < -0.3 is 15.0 Å². The number of benzene rings is 1. The van der Waals surface area contributed by atoms with Crippen LogP contribution in [0.5, 0.6) is 0 Å². The summed E-state index contributed by atoms with van der Waals surface area (Å²) < 4.78 is 4.65. The Bertz CT molecular complexity index is 741. The molecule has 1 aliphatic rings. The molecular weight excluding hydrogens is 332 g/mol. The smallest absolute Gasteiger partial charge is 0.337 e. The van der Waals surface area contributed by atoms with E-state index in [1.54, 1.807) is 42.9 Å². The van der Waals surface area contributed by atoms with E-state index in [9.17, 15) is 9.59 Å². The van der Waals surface area contributed by atoms with E-state index in [1.165, 1.54) is 7.11 Å². The van der Waals surface area contributed by atoms with Crippen LogP contribution in [-0.4, -0.2) is 48.6 Å². The molecule has 0 radical (unpaired) electrons. The van der Waals surface area contributed by atoms with Gasteiger partial charge in [0.05, 0.1) is 18.9 Å². The SMILES string of the molecule is COC(=O)c1ccc(C(=O)NCC2CCN(c3cnccn3)CC2)cc1. The second kappa shape index (κ2) is 8.42. The zero-order valence-electron chi connectivity index (χ0n) is 14.7. The first-order valence-corrected chi connectivity index (χ1v) is 8.65. The number of esters is 1. The molecule has 1 aromatic carbocycles. The number of aromatic nitrogens is 2. The molecule has 26 heavy (non-hydrogen) atoms. The molecule has 1 N–H and O–H groups in total. The van der Waals surface area contributed by atoms with Crippen molar-refractivity contribution in [2.75, 3.05) is 31.6 Å². The molecule has 0 spiro atoms. The number of rotatable bonds is 5. The van der Waals surface area contributed by atoms with Gasteiger partial charge in [0.15, 0.2) is 0 Å². The topological polar surface area (TPSA) is 84.4 Å². The first-order chi connectivity index (χ1) is 12.7. The molecule has 3 rings (SSSR count). The molecular formula is C19H22N4O3.